The highest BCUT2D eigenvalue weighted by molar-refractivity contribution is 5.96. The molecule has 1 amide bonds. The van der Waals surface area contributed by atoms with Crippen molar-refractivity contribution in [2.24, 2.45) is 0 Å². The number of carbonyl (C=O) groups is 1. The molecule has 4 rings (SSSR count). The van der Waals surface area contributed by atoms with Crippen LogP contribution in [0.3, 0.4) is 0 Å². The topological polar surface area (TPSA) is 69.0 Å². The van der Waals surface area contributed by atoms with Gasteiger partial charge >= 0.3 is 0 Å². The van der Waals surface area contributed by atoms with Gasteiger partial charge in [-0.1, -0.05) is 35.9 Å². The molecule has 152 valence electrons. The zero-order valence-corrected chi connectivity index (χ0v) is 17.6. The van der Waals surface area contributed by atoms with Crippen LogP contribution in [0.2, 0.25) is 0 Å². The van der Waals surface area contributed by atoms with E-state index in [1.807, 2.05) is 38.1 Å². The molecule has 0 aliphatic rings. The number of amides is 1. The number of nitrogens with one attached hydrogen (secondary N) is 1. The van der Waals surface area contributed by atoms with Gasteiger partial charge in [-0.25, -0.2) is 9.67 Å². The normalized spacial score (nSPS) is 10.9. The predicted octanol–water partition coefficient (Wildman–Crippen LogP) is 4.67. The first-order valence-electron chi connectivity index (χ1n) is 9.80. The molecule has 2 heterocycles. The summed E-state index contributed by atoms with van der Waals surface area (Å²) in [4.78, 5) is 17.3. The van der Waals surface area contributed by atoms with Crippen molar-refractivity contribution in [1.82, 2.24) is 14.8 Å². The van der Waals surface area contributed by atoms with Crippen LogP contribution in [-0.2, 0) is 11.3 Å². The second-order valence-electron chi connectivity index (χ2n) is 7.42. The van der Waals surface area contributed by atoms with Gasteiger partial charge in [0.1, 0.15) is 12.3 Å². The summed E-state index contributed by atoms with van der Waals surface area (Å²) >= 11 is 0. The third kappa shape index (κ3) is 3.76. The van der Waals surface area contributed by atoms with Crippen molar-refractivity contribution < 1.29 is 9.53 Å². The Morgan fingerprint density at radius 1 is 1.03 bits per heavy atom. The Bertz CT molecular complexity index is 1230. The number of hydrogen-bond donors (Lipinski definition) is 1. The van der Waals surface area contributed by atoms with Crippen LogP contribution in [0, 0.1) is 20.8 Å². The fourth-order valence-electron chi connectivity index (χ4n) is 3.61. The first kappa shape index (κ1) is 19.6. The van der Waals surface area contributed by atoms with Gasteiger partial charge in [0, 0.05) is 11.6 Å². The number of methoxy groups -OCH3 is 1. The quantitative estimate of drug-likeness (QED) is 0.528. The number of hydrogen-bond acceptors (Lipinski definition) is 4. The molecule has 2 aromatic heterocycles. The van der Waals surface area contributed by atoms with Crippen LogP contribution < -0.4 is 10.1 Å². The molecule has 0 atom stereocenters. The maximum Gasteiger partial charge on any atom is 0.246 e. The van der Waals surface area contributed by atoms with Gasteiger partial charge in [0.05, 0.1) is 18.5 Å². The number of nitrogens with zero attached hydrogens (tertiary/aromatic N) is 3. The Hall–Kier alpha value is -3.67. The van der Waals surface area contributed by atoms with Crippen molar-refractivity contribution in [3.05, 3.63) is 71.5 Å². The minimum Gasteiger partial charge on any atom is -0.495 e. The fourth-order valence-corrected chi connectivity index (χ4v) is 3.61. The molecular weight excluding hydrogens is 376 g/mol. The molecule has 0 unspecified atom stereocenters. The van der Waals surface area contributed by atoms with Crippen molar-refractivity contribution in [3.63, 3.8) is 0 Å². The number of pyridine rings is 1. The Labute approximate surface area is 175 Å². The number of ether oxygens (including phenoxy) is 1. The fraction of sp³-hybridized carbons (Fsp3) is 0.208. The summed E-state index contributed by atoms with van der Waals surface area (Å²) < 4.78 is 7.00. The van der Waals surface area contributed by atoms with E-state index in [-0.39, 0.29) is 12.5 Å². The van der Waals surface area contributed by atoms with Gasteiger partial charge in [-0.3, -0.25) is 4.79 Å². The van der Waals surface area contributed by atoms with E-state index in [0.717, 1.165) is 27.8 Å². The van der Waals surface area contributed by atoms with Gasteiger partial charge in [0.2, 0.25) is 5.91 Å². The number of anilines is 1. The number of fused-ring (bicyclic) bond motifs is 1. The molecule has 30 heavy (non-hydrogen) atoms. The van der Waals surface area contributed by atoms with Crippen LogP contribution in [0.25, 0.3) is 22.2 Å². The van der Waals surface area contributed by atoms with Gasteiger partial charge in [0.25, 0.3) is 0 Å². The number of aryl methyl sites for hydroxylation is 3. The number of carbonyl (C=O) groups excluding carboxylic acids is 1. The number of aromatic nitrogens is 3. The van der Waals surface area contributed by atoms with Crippen LogP contribution in [0.1, 0.15) is 16.8 Å². The summed E-state index contributed by atoms with van der Waals surface area (Å²) in [5, 5.41) is 8.48. The van der Waals surface area contributed by atoms with E-state index in [4.69, 9.17) is 4.74 Å². The van der Waals surface area contributed by atoms with Gasteiger partial charge in [-0.15, -0.1) is 0 Å². The molecule has 6 nitrogen and oxygen atoms in total. The van der Waals surface area contributed by atoms with Gasteiger partial charge in [-0.2, -0.15) is 5.10 Å². The molecule has 4 aromatic rings. The summed E-state index contributed by atoms with van der Waals surface area (Å²) in [5.74, 6) is 0.432. The molecule has 0 aliphatic carbocycles. The summed E-state index contributed by atoms with van der Waals surface area (Å²) in [6.45, 7) is 6.04. The van der Waals surface area contributed by atoms with E-state index in [1.54, 1.807) is 18.0 Å². The molecule has 6 heteroatoms. The van der Waals surface area contributed by atoms with Crippen LogP contribution in [0.4, 0.5) is 5.69 Å². The lowest BCUT2D eigenvalue weighted by atomic mass is 10.0. The molecule has 0 bridgehead atoms. The second-order valence-corrected chi connectivity index (χ2v) is 7.42. The van der Waals surface area contributed by atoms with E-state index in [2.05, 4.69) is 46.6 Å². The predicted molar refractivity (Wildman–Crippen MR) is 119 cm³/mol. The second kappa shape index (κ2) is 7.99. The minimum atomic E-state index is -0.189. The van der Waals surface area contributed by atoms with Crippen LogP contribution in [-0.4, -0.2) is 27.8 Å². The summed E-state index contributed by atoms with van der Waals surface area (Å²) in [6.07, 6.45) is 1.76. The van der Waals surface area contributed by atoms with Crippen LogP contribution in [0.15, 0.2) is 54.7 Å². The lowest BCUT2D eigenvalue weighted by Crippen LogP contribution is -2.20. The van der Waals surface area contributed by atoms with Gasteiger partial charge in [0.15, 0.2) is 5.65 Å². The highest BCUT2D eigenvalue weighted by Crippen LogP contribution is 2.30. The molecular formula is C24H24N4O2. The molecule has 0 aliphatic heterocycles. The molecule has 1 N–H and O–H groups in total. The Morgan fingerprint density at radius 3 is 2.50 bits per heavy atom. The molecule has 0 fully saturated rings. The Balaban J connectivity index is 1.66. The van der Waals surface area contributed by atoms with Gasteiger partial charge in [-0.05, 0) is 55.7 Å². The third-order valence-corrected chi connectivity index (χ3v) is 5.09. The lowest BCUT2D eigenvalue weighted by Gasteiger charge is -2.11. The van der Waals surface area contributed by atoms with E-state index in [1.165, 1.54) is 5.56 Å². The number of rotatable bonds is 5. The summed E-state index contributed by atoms with van der Waals surface area (Å²) in [5.41, 5.74) is 6.58. The van der Waals surface area contributed by atoms with E-state index in [0.29, 0.717) is 17.1 Å². The standard InChI is InChI=1S/C24H24N4O2/c1-15-5-8-18(9-6-15)19-11-12-25-24-23(19)17(3)27-28(24)14-22(29)26-20-13-16(2)7-10-21(20)30-4/h5-13H,14H2,1-4H3,(H,26,29). The maximum absolute atomic E-state index is 12.8. The zero-order chi connectivity index (χ0) is 21.3. The Morgan fingerprint density at radius 2 is 1.77 bits per heavy atom. The largest absolute Gasteiger partial charge is 0.495 e. The van der Waals surface area contributed by atoms with Crippen molar-refractivity contribution in [3.8, 4) is 16.9 Å². The van der Waals surface area contributed by atoms with Crippen molar-refractivity contribution in [2.75, 3.05) is 12.4 Å². The van der Waals surface area contributed by atoms with Crippen molar-refractivity contribution in [1.29, 1.82) is 0 Å². The van der Waals surface area contributed by atoms with E-state index >= 15 is 0 Å². The molecule has 0 saturated heterocycles. The van der Waals surface area contributed by atoms with Crippen LogP contribution in [0.5, 0.6) is 5.75 Å². The lowest BCUT2D eigenvalue weighted by molar-refractivity contribution is -0.116. The van der Waals surface area contributed by atoms with Gasteiger partial charge < -0.3 is 10.1 Å². The van der Waals surface area contributed by atoms with E-state index < -0.39 is 0 Å². The van der Waals surface area contributed by atoms with Crippen molar-refractivity contribution in [2.45, 2.75) is 27.3 Å². The van der Waals surface area contributed by atoms with Crippen molar-refractivity contribution >= 4 is 22.6 Å². The first-order chi connectivity index (χ1) is 14.5. The summed E-state index contributed by atoms with van der Waals surface area (Å²) in [6, 6.07) is 16.0. The maximum atomic E-state index is 12.8. The first-order valence-corrected chi connectivity index (χ1v) is 9.80. The highest BCUT2D eigenvalue weighted by Gasteiger charge is 2.16. The van der Waals surface area contributed by atoms with Crippen LogP contribution >= 0.6 is 0 Å². The highest BCUT2D eigenvalue weighted by atomic mass is 16.5. The van der Waals surface area contributed by atoms with E-state index in [9.17, 15) is 4.79 Å². The molecule has 2 aromatic carbocycles. The average Bonchev–Trinajstić information content (AvgIpc) is 3.04. The molecule has 0 radical (unpaired) electrons. The molecule has 0 saturated carbocycles. The average molecular weight is 400 g/mol. The minimum absolute atomic E-state index is 0.0613. The Kier molecular flexibility index (Phi) is 5.23. The summed E-state index contributed by atoms with van der Waals surface area (Å²) in [7, 11) is 1.58. The SMILES string of the molecule is COc1ccc(C)cc1NC(=O)Cn1nc(C)c2c(-c3ccc(C)cc3)ccnc21. The smallest absolute Gasteiger partial charge is 0.246 e. The third-order valence-electron chi connectivity index (χ3n) is 5.09. The zero-order valence-electron chi connectivity index (χ0n) is 17.6. The number of benzene rings is 2. The molecule has 0 spiro atoms. The monoisotopic (exact) mass is 400 g/mol.